The van der Waals surface area contributed by atoms with Gasteiger partial charge in [-0.25, -0.2) is 0 Å². The van der Waals surface area contributed by atoms with Crippen molar-refractivity contribution in [2.45, 2.75) is 20.8 Å². The minimum Gasteiger partial charge on any atom is -0.309 e. The van der Waals surface area contributed by atoms with Gasteiger partial charge in [0.2, 0.25) is 0 Å². The number of fused-ring (bicyclic) bond motifs is 12. The van der Waals surface area contributed by atoms with Crippen LogP contribution in [0.4, 0.5) is 0 Å². The molecule has 20 rings (SSSR count). The lowest BCUT2D eigenvalue weighted by atomic mass is 9.97. The van der Waals surface area contributed by atoms with Crippen LogP contribution in [0.2, 0.25) is 0 Å². The molecule has 0 aliphatic rings. The Kier molecular flexibility index (Phi) is 15.3. The summed E-state index contributed by atoms with van der Waals surface area (Å²) in [6.45, 7) is 6.31. The lowest BCUT2D eigenvalue weighted by Crippen LogP contribution is -2.04. The topological polar surface area (TPSA) is 115 Å². The molecule has 20 aromatic rings. The summed E-state index contributed by atoms with van der Waals surface area (Å²) in [5, 5.41) is 53.0. The van der Waals surface area contributed by atoms with Crippen LogP contribution >= 0.6 is 0 Å². The van der Waals surface area contributed by atoms with E-state index in [1.807, 2.05) is 54.6 Å². The molecule has 111 heavy (non-hydrogen) atoms. The molecule has 0 aliphatic carbocycles. The highest BCUT2D eigenvalue weighted by Crippen LogP contribution is 2.47. The zero-order valence-electron chi connectivity index (χ0n) is 60.8. The summed E-state index contributed by atoms with van der Waals surface area (Å²) in [5.74, 6) is 0. The van der Waals surface area contributed by atoms with Crippen LogP contribution in [0.25, 0.3) is 188 Å². The van der Waals surface area contributed by atoms with E-state index < -0.39 is 0 Å². The predicted octanol–water partition coefficient (Wildman–Crippen LogP) is 26.2. The second-order valence-corrected chi connectivity index (χ2v) is 29.1. The summed E-state index contributed by atoms with van der Waals surface area (Å²) in [6, 6.07) is 128. The quantitative estimate of drug-likeness (QED) is 0.128. The molecular formula is C103H64N8. The SMILES string of the molecule is Cc1ccc(-c2ccc3c(c2)c2ccccc2n3-c2cc(-c3cccc(C#N)c3)c(-n3c4ccc(-c5ccccc5)cc4c4cc(-c5ccc6c(c5)c5ccc(-c7ccc(C)cc7)cc5n6-c5cc(-c6cccc(C#N)c6)c(-n6c7ccccc7c7ccc(-c8ccc(C)cc8)cc76)cc5C#N)ccc43)cc2C#N)cc1. The monoisotopic (exact) mass is 1410 g/mol. The summed E-state index contributed by atoms with van der Waals surface area (Å²) in [6.07, 6.45) is 0. The average molecular weight is 1410 g/mol. The molecule has 0 spiro atoms. The highest BCUT2D eigenvalue weighted by atomic mass is 15.0. The number of nitriles is 4. The molecule has 0 radical (unpaired) electrons. The molecule has 4 aromatic heterocycles. The smallest absolute Gasteiger partial charge is 0.101 e. The number of aromatic nitrogens is 4. The number of para-hydroxylation sites is 2. The van der Waals surface area contributed by atoms with E-state index in [0.29, 0.717) is 27.9 Å². The van der Waals surface area contributed by atoms with Gasteiger partial charge < -0.3 is 18.3 Å². The van der Waals surface area contributed by atoms with Crippen molar-refractivity contribution >= 4 is 87.2 Å². The first-order valence-corrected chi connectivity index (χ1v) is 37.2. The van der Waals surface area contributed by atoms with Crippen LogP contribution in [-0.4, -0.2) is 18.3 Å². The van der Waals surface area contributed by atoms with Crippen LogP contribution in [0, 0.1) is 66.1 Å². The van der Waals surface area contributed by atoms with Crippen molar-refractivity contribution in [1.82, 2.24) is 18.3 Å². The minimum absolute atomic E-state index is 0.475. The minimum atomic E-state index is 0.475. The molecule has 0 fully saturated rings. The van der Waals surface area contributed by atoms with E-state index in [9.17, 15) is 21.0 Å². The number of hydrogen-bond acceptors (Lipinski definition) is 4. The molecule has 4 heterocycles. The van der Waals surface area contributed by atoms with Crippen molar-refractivity contribution in [2.24, 2.45) is 0 Å². The van der Waals surface area contributed by atoms with Crippen molar-refractivity contribution in [2.75, 3.05) is 0 Å². The molecule has 0 bridgehead atoms. The molecule has 0 N–H and O–H groups in total. The Morgan fingerprint density at radius 3 is 0.892 bits per heavy atom. The fourth-order valence-corrected chi connectivity index (χ4v) is 17.0. The number of aryl methyl sites for hydroxylation is 3. The van der Waals surface area contributed by atoms with Crippen LogP contribution in [0.3, 0.4) is 0 Å². The van der Waals surface area contributed by atoms with Gasteiger partial charge in [-0.05, 0) is 209 Å². The van der Waals surface area contributed by atoms with E-state index in [-0.39, 0.29) is 0 Å². The van der Waals surface area contributed by atoms with Gasteiger partial charge >= 0.3 is 0 Å². The van der Waals surface area contributed by atoms with Crippen LogP contribution in [0.5, 0.6) is 0 Å². The Morgan fingerprint density at radius 1 is 0.189 bits per heavy atom. The molecule has 0 aliphatic heterocycles. The van der Waals surface area contributed by atoms with E-state index in [4.69, 9.17) is 0 Å². The molecule has 0 saturated carbocycles. The van der Waals surface area contributed by atoms with Crippen molar-refractivity contribution in [3.05, 3.63) is 373 Å². The average Bonchev–Trinajstić information content (AvgIpc) is 1.57. The largest absolute Gasteiger partial charge is 0.309 e. The van der Waals surface area contributed by atoms with Gasteiger partial charge in [-0.15, -0.1) is 0 Å². The number of hydrogen-bond donors (Lipinski definition) is 0. The second kappa shape index (κ2) is 26.0. The van der Waals surface area contributed by atoms with Gasteiger partial charge in [-0.1, -0.05) is 229 Å². The summed E-state index contributed by atoms with van der Waals surface area (Å²) >= 11 is 0. The maximum Gasteiger partial charge on any atom is 0.101 e. The van der Waals surface area contributed by atoms with Crippen molar-refractivity contribution in [1.29, 1.82) is 21.0 Å². The normalized spacial score (nSPS) is 11.5. The van der Waals surface area contributed by atoms with Gasteiger partial charge in [-0.2, -0.15) is 21.0 Å². The van der Waals surface area contributed by atoms with E-state index in [0.717, 1.165) is 182 Å². The zero-order valence-corrected chi connectivity index (χ0v) is 60.8. The van der Waals surface area contributed by atoms with E-state index >= 15 is 0 Å². The Balaban J connectivity index is 0.802. The van der Waals surface area contributed by atoms with Gasteiger partial charge in [-0.3, -0.25) is 0 Å². The summed E-state index contributed by atoms with van der Waals surface area (Å²) < 4.78 is 9.10. The van der Waals surface area contributed by atoms with Crippen LogP contribution in [0.1, 0.15) is 38.9 Å². The Bertz CT molecular complexity index is 7500. The molecule has 8 nitrogen and oxygen atoms in total. The standard InChI is InChI=1S/C103H64N8/c1-63-23-29-69(30-24-63)73-38-43-94-88(49-73)83-20-8-10-22-93(83)108(94)98-57-86(78-17-11-13-66(47-78)59-104)102(55-80(98)61-106)109-96-44-37-72(68-15-5-4-6-16-68)50-90(96)91-52-75(40-46-97(91)109)74-39-45-95-89(51-74)85-42-36-77(71-33-27-65(3)28-34-71)54-101(85)110(95)99-58-87(79-18-12-14-67(48-79)60-105)103(56-81(99)62-107)111-92-21-9-7-19-82(92)84-41-35-76(53-100(84)111)70-31-25-64(2)26-32-70/h4-58H,1-3H3. The lowest BCUT2D eigenvalue weighted by Gasteiger charge is -2.19. The highest BCUT2D eigenvalue weighted by Gasteiger charge is 2.27. The molecule has 8 heteroatoms. The zero-order chi connectivity index (χ0) is 74.7. The van der Waals surface area contributed by atoms with Crippen molar-refractivity contribution in [3.63, 3.8) is 0 Å². The van der Waals surface area contributed by atoms with E-state index in [1.165, 1.54) is 16.7 Å². The molecule has 0 saturated heterocycles. The maximum atomic E-state index is 11.9. The van der Waals surface area contributed by atoms with Gasteiger partial charge in [0, 0.05) is 54.2 Å². The Hall–Kier alpha value is -15.3. The maximum absolute atomic E-state index is 11.9. The van der Waals surface area contributed by atoms with Crippen molar-refractivity contribution < 1.29 is 0 Å². The molecule has 516 valence electrons. The molecule has 16 aromatic carbocycles. The van der Waals surface area contributed by atoms with Crippen LogP contribution in [-0.2, 0) is 0 Å². The summed E-state index contributed by atoms with van der Waals surface area (Å²) in [7, 11) is 0. The molecule has 0 amide bonds. The van der Waals surface area contributed by atoms with Gasteiger partial charge in [0.25, 0.3) is 0 Å². The van der Waals surface area contributed by atoms with Gasteiger partial charge in [0.1, 0.15) is 12.1 Å². The first-order valence-electron chi connectivity index (χ1n) is 37.2. The Labute approximate surface area is 640 Å². The first kappa shape index (κ1) is 65.2. The summed E-state index contributed by atoms with van der Waals surface area (Å²) in [4.78, 5) is 0. The van der Waals surface area contributed by atoms with E-state index in [2.05, 4.69) is 342 Å². The van der Waals surface area contributed by atoms with Gasteiger partial charge in [0.05, 0.1) is 101 Å². The van der Waals surface area contributed by atoms with E-state index in [1.54, 1.807) is 0 Å². The van der Waals surface area contributed by atoms with Crippen LogP contribution in [0.15, 0.2) is 334 Å². The third-order valence-corrected chi connectivity index (χ3v) is 22.5. The third-order valence-electron chi connectivity index (χ3n) is 22.5. The second-order valence-electron chi connectivity index (χ2n) is 29.1. The van der Waals surface area contributed by atoms with Crippen LogP contribution < -0.4 is 0 Å². The van der Waals surface area contributed by atoms with Gasteiger partial charge in [0.15, 0.2) is 0 Å². The molecular weight excluding hydrogens is 1350 g/mol. The summed E-state index contributed by atoms with van der Waals surface area (Å²) in [5.41, 5.74) is 30.3. The predicted molar refractivity (Wildman–Crippen MR) is 455 cm³/mol. The lowest BCUT2D eigenvalue weighted by molar-refractivity contribution is 1.14. The fourth-order valence-electron chi connectivity index (χ4n) is 17.0. The Morgan fingerprint density at radius 2 is 0.477 bits per heavy atom. The highest BCUT2D eigenvalue weighted by molar-refractivity contribution is 6.16. The molecule has 0 atom stereocenters. The number of benzene rings is 16. The number of rotatable bonds is 11. The van der Waals surface area contributed by atoms with Crippen molar-refractivity contribution in [3.8, 4) is 125 Å². The third kappa shape index (κ3) is 10.8. The fraction of sp³-hybridized carbons (Fsp3) is 0.0291. The first-order chi connectivity index (χ1) is 54.5. The molecule has 0 unspecified atom stereocenters. The number of nitrogens with zero attached hydrogens (tertiary/aromatic N) is 8.